The Morgan fingerprint density at radius 2 is 2.35 bits per heavy atom. The van der Waals surface area contributed by atoms with Crippen molar-refractivity contribution in [1.82, 2.24) is 4.98 Å². The molecule has 0 spiro atoms. The van der Waals surface area contributed by atoms with Crippen molar-refractivity contribution in [2.24, 2.45) is 0 Å². The number of anilines is 1. The van der Waals surface area contributed by atoms with E-state index in [9.17, 15) is 4.39 Å². The minimum Gasteiger partial charge on any atom is -0.377 e. The number of aromatic nitrogens is 1. The Kier molecular flexibility index (Phi) is 3.54. The average molecular weight is 259 g/mol. The summed E-state index contributed by atoms with van der Waals surface area (Å²) < 4.78 is 19.2. The van der Waals surface area contributed by atoms with Crippen molar-refractivity contribution in [3.63, 3.8) is 0 Å². The summed E-state index contributed by atoms with van der Waals surface area (Å²) in [6.45, 7) is 3.48. The van der Waals surface area contributed by atoms with Crippen LogP contribution in [-0.4, -0.2) is 30.8 Å². The molecule has 2 heterocycles. The van der Waals surface area contributed by atoms with Gasteiger partial charge in [-0.25, -0.2) is 9.37 Å². The molecule has 1 saturated heterocycles. The Morgan fingerprint density at radius 1 is 1.59 bits per heavy atom. The predicted octanol–water partition coefficient (Wildman–Crippen LogP) is 2.88. The molecule has 0 saturated carbocycles. The van der Waals surface area contributed by atoms with E-state index in [1.165, 1.54) is 12.3 Å². The monoisotopic (exact) mass is 258 g/mol. The van der Waals surface area contributed by atoms with Crippen molar-refractivity contribution >= 4 is 17.4 Å². The summed E-state index contributed by atoms with van der Waals surface area (Å²) >= 11 is 5.69. The first-order valence-corrected chi connectivity index (χ1v) is 6.03. The number of halogens is 2. The van der Waals surface area contributed by atoms with Crippen LogP contribution in [-0.2, 0) is 4.74 Å². The van der Waals surface area contributed by atoms with Gasteiger partial charge < -0.3 is 9.64 Å². The maximum Gasteiger partial charge on any atom is 0.167 e. The molecule has 1 atom stereocenters. The third-order valence-electron chi connectivity index (χ3n) is 3.24. The van der Waals surface area contributed by atoms with Crippen molar-refractivity contribution in [1.29, 1.82) is 0 Å². The van der Waals surface area contributed by atoms with Gasteiger partial charge in [-0.05, 0) is 25.8 Å². The van der Waals surface area contributed by atoms with Crippen LogP contribution in [0.25, 0.3) is 0 Å². The Bertz CT molecular complexity index is 415. The van der Waals surface area contributed by atoms with E-state index in [1.54, 1.807) is 7.11 Å². The molecule has 1 unspecified atom stereocenters. The smallest absolute Gasteiger partial charge is 0.167 e. The van der Waals surface area contributed by atoms with Crippen LogP contribution in [0.3, 0.4) is 0 Å². The summed E-state index contributed by atoms with van der Waals surface area (Å²) in [7, 11) is 1.69. The van der Waals surface area contributed by atoms with E-state index in [2.05, 4.69) is 4.98 Å². The number of nitrogens with zero attached hydrogens (tertiary/aromatic N) is 2. The number of hydrogen-bond donors (Lipinski definition) is 0. The molecule has 1 aromatic heterocycles. The van der Waals surface area contributed by atoms with Gasteiger partial charge in [-0.3, -0.25) is 0 Å². The molecule has 1 aromatic rings. The predicted molar refractivity (Wildman–Crippen MR) is 66.1 cm³/mol. The molecule has 0 amide bonds. The van der Waals surface area contributed by atoms with E-state index in [0.29, 0.717) is 17.4 Å². The molecule has 1 fully saturated rings. The van der Waals surface area contributed by atoms with Crippen LogP contribution in [0.4, 0.5) is 10.2 Å². The number of piperidine rings is 1. The van der Waals surface area contributed by atoms with Gasteiger partial charge >= 0.3 is 0 Å². The van der Waals surface area contributed by atoms with E-state index in [-0.39, 0.29) is 11.4 Å². The van der Waals surface area contributed by atoms with Crippen LogP contribution in [0.5, 0.6) is 0 Å². The molecule has 0 N–H and O–H groups in total. The Morgan fingerprint density at radius 3 is 3.00 bits per heavy atom. The average Bonchev–Trinajstić information content (AvgIpc) is 2.29. The van der Waals surface area contributed by atoms with Gasteiger partial charge in [0.1, 0.15) is 0 Å². The number of pyridine rings is 1. The van der Waals surface area contributed by atoms with Gasteiger partial charge in [0, 0.05) is 26.4 Å². The largest absolute Gasteiger partial charge is 0.377 e. The Balaban J connectivity index is 2.22. The topological polar surface area (TPSA) is 25.4 Å². The van der Waals surface area contributed by atoms with Crippen LogP contribution in [0.1, 0.15) is 19.8 Å². The molecule has 2 rings (SSSR count). The van der Waals surface area contributed by atoms with E-state index in [0.717, 1.165) is 19.4 Å². The number of rotatable bonds is 2. The Labute approximate surface area is 106 Å². The highest BCUT2D eigenvalue weighted by Gasteiger charge is 2.32. The summed E-state index contributed by atoms with van der Waals surface area (Å²) in [5.41, 5.74) is -0.230. The summed E-state index contributed by atoms with van der Waals surface area (Å²) in [6.07, 6.45) is 3.42. The summed E-state index contributed by atoms with van der Waals surface area (Å²) in [5.74, 6) is -0.0183. The fourth-order valence-corrected chi connectivity index (χ4v) is 2.34. The van der Waals surface area contributed by atoms with Gasteiger partial charge in [0.05, 0.1) is 10.6 Å². The molecule has 1 aliphatic heterocycles. The van der Waals surface area contributed by atoms with Crippen molar-refractivity contribution in [2.75, 3.05) is 25.1 Å². The highest BCUT2D eigenvalue weighted by molar-refractivity contribution is 6.30. The molecule has 0 aliphatic carbocycles. The molecule has 94 valence electrons. The van der Waals surface area contributed by atoms with Crippen LogP contribution in [0, 0.1) is 5.82 Å². The lowest BCUT2D eigenvalue weighted by atomic mass is 9.95. The Hall–Kier alpha value is -0.870. The van der Waals surface area contributed by atoms with Crippen LogP contribution in [0.15, 0.2) is 12.3 Å². The third kappa shape index (κ3) is 2.69. The molecular formula is C12H16ClFN2O. The second-order valence-corrected chi connectivity index (χ2v) is 5.07. The minimum atomic E-state index is -0.377. The van der Waals surface area contributed by atoms with E-state index in [4.69, 9.17) is 16.3 Å². The lowest BCUT2D eigenvalue weighted by Gasteiger charge is -2.40. The quantitative estimate of drug-likeness (QED) is 0.816. The normalized spacial score (nSPS) is 25.1. The molecule has 17 heavy (non-hydrogen) atoms. The van der Waals surface area contributed by atoms with E-state index in [1.807, 2.05) is 11.8 Å². The second kappa shape index (κ2) is 4.78. The van der Waals surface area contributed by atoms with Crippen LogP contribution in [0.2, 0.25) is 5.02 Å². The van der Waals surface area contributed by atoms with Crippen LogP contribution < -0.4 is 4.90 Å². The highest BCUT2D eigenvalue weighted by Crippen LogP contribution is 2.28. The zero-order valence-electron chi connectivity index (χ0n) is 10.0. The first kappa shape index (κ1) is 12.6. The molecular weight excluding hydrogens is 243 g/mol. The van der Waals surface area contributed by atoms with Gasteiger partial charge in [-0.1, -0.05) is 11.6 Å². The van der Waals surface area contributed by atoms with Gasteiger partial charge in [0.15, 0.2) is 11.6 Å². The fraction of sp³-hybridized carbons (Fsp3) is 0.583. The fourth-order valence-electron chi connectivity index (χ4n) is 2.19. The SMILES string of the molecule is COC1(C)CCCN(c2ncc(Cl)cc2F)C1. The molecule has 0 aromatic carbocycles. The van der Waals surface area contributed by atoms with Crippen LogP contribution >= 0.6 is 11.6 Å². The number of ether oxygens (including phenoxy) is 1. The zero-order valence-corrected chi connectivity index (χ0v) is 10.8. The zero-order chi connectivity index (χ0) is 12.5. The first-order chi connectivity index (χ1) is 8.04. The molecule has 5 heteroatoms. The molecule has 0 bridgehead atoms. The van der Waals surface area contributed by atoms with Crippen molar-refractivity contribution in [2.45, 2.75) is 25.4 Å². The second-order valence-electron chi connectivity index (χ2n) is 4.64. The van der Waals surface area contributed by atoms with E-state index < -0.39 is 0 Å². The maximum absolute atomic E-state index is 13.8. The molecule has 1 aliphatic rings. The summed E-state index contributed by atoms with van der Waals surface area (Å²) in [4.78, 5) is 5.98. The van der Waals surface area contributed by atoms with Crippen molar-refractivity contribution in [3.8, 4) is 0 Å². The summed E-state index contributed by atoms with van der Waals surface area (Å²) in [6, 6.07) is 1.29. The molecule has 0 radical (unpaired) electrons. The standard InChI is InChI=1S/C12H16ClFN2O/c1-12(17-2)4-3-5-16(8-12)11-10(14)6-9(13)7-15-11/h6-7H,3-5,8H2,1-2H3. The number of hydrogen-bond acceptors (Lipinski definition) is 3. The lowest BCUT2D eigenvalue weighted by molar-refractivity contribution is -0.00493. The van der Waals surface area contributed by atoms with Gasteiger partial charge in [0.25, 0.3) is 0 Å². The minimum absolute atomic E-state index is 0.230. The third-order valence-corrected chi connectivity index (χ3v) is 3.45. The van der Waals surface area contributed by atoms with Crippen molar-refractivity contribution < 1.29 is 9.13 Å². The van der Waals surface area contributed by atoms with Gasteiger partial charge in [-0.15, -0.1) is 0 Å². The first-order valence-electron chi connectivity index (χ1n) is 5.65. The maximum atomic E-state index is 13.8. The molecule has 3 nitrogen and oxygen atoms in total. The number of methoxy groups -OCH3 is 1. The van der Waals surface area contributed by atoms with Gasteiger partial charge in [-0.2, -0.15) is 0 Å². The highest BCUT2D eigenvalue weighted by atomic mass is 35.5. The lowest BCUT2D eigenvalue weighted by Crippen LogP contribution is -2.48. The van der Waals surface area contributed by atoms with E-state index >= 15 is 0 Å². The van der Waals surface area contributed by atoms with Crippen molar-refractivity contribution in [3.05, 3.63) is 23.1 Å². The van der Waals surface area contributed by atoms with Gasteiger partial charge in [0.2, 0.25) is 0 Å². The summed E-state index contributed by atoms with van der Waals surface area (Å²) in [5, 5.41) is 0.317.